The average Bonchev–Trinajstić information content (AvgIpc) is 2.76. The van der Waals surface area contributed by atoms with Crippen molar-refractivity contribution in [2.24, 2.45) is 10.9 Å². The Balaban J connectivity index is 2.53. The first-order valence-electron chi connectivity index (χ1n) is 5.93. The Morgan fingerprint density at radius 1 is 1.71 bits per heavy atom. The number of oxime groups is 1. The molecule has 1 heterocycles. The highest BCUT2D eigenvalue weighted by atomic mass is 16.5. The van der Waals surface area contributed by atoms with Crippen molar-refractivity contribution in [3.05, 3.63) is 0 Å². The highest BCUT2D eigenvalue weighted by Crippen LogP contribution is 2.25. The number of nitrogens with zero attached hydrogens (tertiary/aromatic N) is 1. The van der Waals surface area contributed by atoms with Gasteiger partial charge < -0.3 is 21.0 Å². The predicted molar refractivity (Wildman–Crippen MR) is 63.8 cm³/mol. The third-order valence-electron chi connectivity index (χ3n) is 3.11. The van der Waals surface area contributed by atoms with Gasteiger partial charge in [0.25, 0.3) is 5.91 Å². The molecule has 1 saturated heterocycles. The smallest absolute Gasteiger partial charge is 0.252 e. The molecule has 0 spiro atoms. The topological polar surface area (TPSA) is 96.9 Å². The van der Waals surface area contributed by atoms with E-state index >= 15 is 0 Å². The molecule has 2 atom stereocenters. The third kappa shape index (κ3) is 3.59. The number of carbonyl (C=O) groups excluding carboxylic acids is 1. The lowest BCUT2D eigenvalue weighted by Crippen LogP contribution is -2.48. The van der Waals surface area contributed by atoms with E-state index in [0.717, 1.165) is 19.3 Å². The maximum atomic E-state index is 12.0. The van der Waals surface area contributed by atoms with Gasteiger partial charge in [-0.15, -0.1) is 0 Å². The number of rotatable bonds is 5. The Hall–Kier alpha value is -1.30. The van der Waals surface area contributed by atoms with Crippen molar-refractivity contribution in [3.8, 4) is 0 Å². The fraction of sp³-hybridized carbons (Fsp3) is 0.818. The number of carbonyl (C=O) groups is 1. The second-order valence-electron chi connectivity index (χ2n) is 4.56. The summed E-state index contributed by atoms with van der Waals surface area (Å²) in [6, 6.07) is -0.126. The molecule has 1 rings (SSSR count). The zero-order chi connectivity index (χ0) is 12.9. The van der Waals surface area contributed by atoms with Crippen LogP contribution < -0.4 is 11.1 Å². The van der Waals surface area contributed by atoms with Crippen LogP contribution in [-0.2, 0) is 9.53 Å². The van der Waals surface area contributed by atoms with Gasteiger partial charge in [0.2, 0.25) is 0 Å². The summed E-state index contributed by atoms with van der Waals surface area (Å²) in [6.07, 6.45) is 2.70. The molecule has 0 radical (unpaired) electrons. The fourth-order valence-corrected chi connectivity index (χ4v) is 1.89. The SMILES string of the molecule is CCC(CC(N)=NO)NC(=O)C1(C)CCCO1. The lowest BCUT2D eigenvalue weighted by molar-refractivity contribution is -0.140. The summed E-state index contributed by atoms with van der Waals surface area (Å²) in [5.74, 6) is 0.00207. The van der Waals surface area contributed by atoms with Crippen LogP contribution in [0.1, 0.15) is 39.5 Å². The normalized spacial score (nSPS) is 26.8. The van der Waals surface area contributed by atoms with Gasteiger partial charge >= 0.3 is 0 Å². The Kier molecular flexibility index (Phi) is 4.74. The van der Waals surface area contributed by atoms with Crippen LogP contribution in [0.15, 0.2) is 5.16 Å². The van der Waals surface area contributed by atoms with Crippen molar-refractivity contribution in [3.63, 3.8) is 0 Å². The monoisotopic (exact) mass is 243 g/mol. The molecule has 1 aliphatic rings. The van der Waals surface area contributed by atoms with Crippen LogP contribution in [-0.4, -0.2) is 35.2 Å². The molecule has 0 aliphatic carbocycles. The molecule has 17 heavy (non-hydrogen) atoms. The summed E-state index contributed by atoms with van der Waals surface area (Å²) in [4.78, 5) is 12.0. The van der Waals surface area contributed by atoms with Crippen LogP contribution in [0.5, 0.6) is 0 Å². The zero-order valence-electron chi connectivity index (χ0n) is 10.4. The van der Waals surface area contributed by atoms with Crippen molar-refractivity contribution in [2.75, 3.05) is 6.61 Å². The van der Waals surface area contributed by atoms with Gasteiger partial charge in [-0.25, -0.2) is 0 Å². The van der Waals surface area contributed by atoms with Crippen LogP contribution in [0.4, 0.5) is 0 Å². The Morgan fingerprint density at radius 3 is 2.88 bits per heavy atom. The molecule has 4 N–H and O–H groups in total. The zero-order valence-corrected chi connectivity index (χ0v) is 10.4. The van der Waals surface area contributed by atoms with Gasteiger partial charge in [-0.2, -0.15) is 0 Å². The second kappa shape index (κ2) is 5.86. The van der Waals surface area contributed by atoms with Crippen LogP contribution in [0, 0.1) is 0 Å². The van der Waals surface area contributed by atoms with Crippen molar-refractivity contribution in [1.29, 1.82) is 0 Å². The summed E-state index contributed by atoms with van der Waals surface area (Å²) in [5, 5.41) is 14.3. The maximum Gasteiger partial charge on any atom is 0.252 e. The van der Waals surface area contributed by atoms with Crippen molar-refractivity contribution >= 4 is 11.7 Å². The quantitative estimate of drug-likeness (QED) is 0.285. The van der Waals surface area contributed by atoms with Crippen LogP contribution in [0.3, 0.4) is 0 Å². The number of nitrogens with two attached hydrogens (primary N) is 1. The number of amides is 1. The number of amidine groups is 1. The van der Waals surface area contributed by atoms with E-state index in [0.29, 0.717) is 13.0 Å². The molecule has 0 bridgehead atoms. The molecule has 0 aromatic rings. The summed E-state index contributed by atoms with van der Waals surface area (Å²) in [5.41, 5.74) is 4.71. The molecular formula is C11H21N3O3. The molecule has 0 aromatic carbocycles. The van der Waals surface area contributed by atoms with Crippen LogP contribution >= 0.6 is 0 Å². The van der Waals surface area contributed by atoms with Gasteiger partial charge in [0.05, 0.1) is 0 Å². The predicted octanol–water partition coefficient (Wildman–Crippen LogP) is 0.587. The summed E-state index contributed by atoms with van der Waals surface area (Å²) in [6.45, 7) is 4.36. The van der Waals surface area contributed by atoms with Crippen LogP contribution in [0.25, 0.3) is 0 Å². The third-order valence-corrected chi connectivity index (χ3v) is 3.11. The standard InChI is InChI=1S/C11H21N3O3/c1-3-8(7-9(12)14-16)13-10(15)11(2)5-4-6-17-11/h8,16H,3-7H2,1-2H3,(H2,12,14)(H,13,15). The van der Waals surface area contributed by atoms with Gasteiger partial charge in [-0.05, 0) is 26.2 Å². The van der Waals surface area contributed by atoms with E-state index in [2.05, 4.69) is 10.5 Å². The Morgan fingerprint density at radius 2 is 2.41 bits per heavy atom. The van der Waals surface area contributed by atoms with Gasteiger partial charge in [-0.3, -0.25) is 4.79 Å². The lowest BCUT2D eigenvalue weighted by atomic mass is 10.0. The van der Waals surface area contributed by atoms with Crippen molar-refractivity contribution in [1.82, 2.24) is 5.32 Å². The molecule has 2 unspecified atom stereocenters. The van der Waals surface area contributed by atoms with Gasteiger partial charge in [0.1, 0.15) is 11.4 Å². The number of hydrogen-bond acceptors (Lipinski definition) is 4. The van der Waals surface area contributed by atoms with Gasteiger partial charge in [0.15, 0.2) is 0 Å². The number of ether oxygens (including phenoxy) is 1. The Bertz CT molecular complexity index is 298. The van der Waals surface area contributed by atoms with Gasteiger partial charge in [-0.1, -0.05) is 12.1 Å². The largest absolute Gasteiger partial charge is 0.409 e. The summed E-state index contributed by atoms with van der Waals surface area (Å²) < 4.78 is 5.46. The first-order valence-corrected chi connectivity index (χ1v) is 5.93. The molecule has 6 heteroatoms. The van der Waals surface area contributed by atoms with Crippen LogP contribution in [0.2, 0.25) is 0 Å². The fourth-order valence-electron chi connectivity index (χ4n) is 1.89. The summed E-state index contributed by atoms with van der Waals surface area (Å²) >= 11 is 0. The number of hydrogen-bond donors (Lipinski definition) is 3. The van der Waals surface area contributed by atoms with E-state index < -0.39 is 5.60 Å². The van der Waals surface area contributed by atoms with Crippen molar-refractivity contribution in [2.45, 2.75) is 51.2 Å². The molecule has 1 aliphatic heterocycles. The average molecular weight is 243 g/mol. The lowest BCUT2D eigenvalue weighted by Gasteiger charge is -2.25. The van der Waals surface area contributed by atoms with E-state index in [1.165, 1.54) is 0 Å². The molecule has 6 nitrogen and oxygen atoms in total. The first kappa shape index (κ1) is 13.8. The Labute approximate surface area is 101 Å². The molecule has 0 saturated carbocycles. The summed E-state index contributed by atoms with van der Waals surface area (Å²) in [7, 11) is 0. The number of nitrogens with one attached hydrogen (secondary N) is 1. The minimum atomic E-state index is -0.724. The van der Waals surface area contributed by atoms with E-state index in [1.54, 1.807) is 6.92 Å². The molecular weight excluding hydrogens is 222 g/mol. The highest BCUT2D eigenvalue weighted by molar-refractivity contribution is 5.86. The molecule has 1 fully saturated rings. The minimum absolute atomic E-state index is 0.118. The van der Waals surface area contributed by atoms with E-state index in [1.807, 2.05) is 6.92 Å². The molecule has 1 amide bonds. The highest BCUT2D eigenvalue weighted by Gasteiger charge is 2.38. The first-order chi connectivity index (χ1) is 8.01. The van der Waals surface area contributed by atoms with Crippen molar-refractivity contribution < 1.29 is 14.7 Å². The molecule has 0 aromatic heterocycles. The minimum Gasteiger partial charge on any atom is -0.409 e. The van der Waals surface area contributed by atoms with E-state index in [-0.39, 0.29) is 17.8 Å². The van der Waals surface area contributed by atoms with E-state index in [4.69, 9.17) is 15.7 Å². The van der Waals surface area contributed by atoms with Gasteiger partial charge in [0, 0.05) is 19.1 Å². The maximum absolute atomic E-state index is 12.0. The second-order valence-corrected chi connectivity index (χ2v) is 4.56. The van der Waals surface area contributed by atoms with E-state index in [9.17, 15) is 4.79 Å². The molecule has 98 valence electrons.